The Bertz CT molecular complexity index is 857. The van der Waals surface area contributed by atoms with Crippen molar-refractivity contribution in [1.82, 2.24) is 15.3 Å². The van der Waals surface area contributed by atoms with Gasteiger partial charge < -0.3 is 15.5 Å². The van der Waals surface area contributed by atoms with Crippen molar-refractivity contribution in [1.29, 1.82) is 0 Å². The second-order valence-corrected chi connectivity index (χ2v) is 7.52. The number of likely N-dealkylation sites (N-methyl/N-ethyl adjacent to an activating group) is 1. The third-order valence-electron chi connectivity index (χ3n) is 5.22. The highest BCUT2D eigenvalue weighted by Crippen LogP contribution is 2.26. The van der Waals surface area contributed by atoms with Gasteiger partial charge in [-0.05, 0) is 38.8 Å². The monoisotopic (exact) mass is 398 g/mol. The Hall–Kier alpha value is -2.74. The maximum absolute atomic E-state index is 11.2. The first-order chi connectivity index (χ1) is 14.0. The summed E-state index contributed by atoms with van der Waals surface area (Å²) in [4.78, 5) is 22.5. The second-order valence-electron chi connectivity index (χ2n) is 7.52. The SMILES string of the molecule is CCCCc1cc(N2CCC(NCC)C2)nc(Nc2ccc(C)c([N+](=O)[O-])c2)n1. The number of nitro benzene ring substituents is 1. The van der Waals surface area contributed by atoms with Crippen LogP contribution in [0.4, 0.5) is 23.1 Å². The number of nitro groups is 1. The average molecular weight is 399 g/mol. The molecule has 156 valence electrons. The molecule has 1 aliphatic rings. The molecule has 29 heavy (non-hydrogen) atoms. The van der Waals surface area contributed by atoms with Gasteiger partial charge >= 0.3 is 0 Å². The molecule has 8 heteroatoms. The van der Waals surface area contributed by atoms with Crippen LogP contribution in [0.2, 0.25) is 0 Å². The normalized spacial score (nSPS) is 16.2. The van der Waals surface area contributed by atoms with Gasteiger partial charge in [0.05, 0.1) is 4.92 Å². The largest absolute Gasteiger partial charge is 0.355 e. The Labute approximate surface area is 171 Å². The quantitative estimate of drug-likeness (QED) is 0.487. The average Bonchev–Trinajstić information content (AvgIpc) is 3.16. The lowest BCUT2D eigenvalue weighted by Crippen LogP contribution is -2.32. The van der Waals surface area contributed by atoms with Gasteiger partial charge in [0.15, 0.2) is 0 Å². The van der Waals surface area contributed by atoms with Crippen LogP contribution < -0.4 is 15.5 Å². The zero-order valence-electron chi connectivity index (χ0n) is 17.4. The van der Waals surface area contributed by atoms with Crippen molar-refractivity contribution >= 4 is 23.1 Å². The molecule has 1 atom stereocenters. The van der Waals surface area contributed by atoms with E-state index in [9.17, 15) is 10.1 Å². The fraction of sp³-hybridized carbons (Fsp3) is 0.524. The van der Waals surface area contributed by atoms with Crippen LogP contribution in [0, 0.1) is 17.0 Å². The van der Waals surface area contributed by atoms with Crippen molar-refractivity contribution in [3.63, 3.8) is 0 Å². The lowest BCUT2D eigenvalue weighted by molar-refractivity contribution is -0.385. The Morgan fingerprint density at radius 2 is 2.10 bits per heavy atom. The molecule has 0 radical (unpaired) electrons. The Morgan fingerprint density at radius 3 is 2.83 bits per heavy atom. The van der Waals surface area contributed by atoms with Gasteiger partial charge in [-0.2, -0.15) is 4.98 Å². The van der Waals surface area contributed by atoms with Gasteiger partial charge in [0.25, 0.3) is 5.69 Å². The van der Waals surface area contributed by atoms with E-state index >= 15 is 0 Å². The first-order valence-electron chi connectivity index (χ1n) is 10.4. The van der Waals surface area contributed by atoms with Crippen LogP contribution in [0.5, 0.6) is 0 Å². The van der Waals surface area contributed by atoms with E-state index in [1.54, 1.807) is 13.0 Å². The van der Waals surface area contributed by atoms with E-state index < -0.39 is 0 Å². The highest BCUT2D eigenvalue weighted by Gasteiger charge is 2.23. The summed E-state index contributed by atoms with van der Waals surface area (Å²) in [6.07, 6.45) is 4.14. The molecule has 2 heterocycles. The van der Waals surface area contributed by atoms with Crippen molar-refractivity contribution in [2.45, 2.75) is 52.5 Å². The smallest absolute Gasteiger partial charge is 0.274 e. The zero-order chi connectivity index (χ0) is 20.8. The summed E-state index contributed by atoms with van der Waals surface area (Å²) in [6.45, 7) is 8.86. The maximum Gasteiger partial charge on any atom is 0.274 e. The molecule has 0 saturated carbocycles. The van der Waals surface area contributed by atoms with Crippen LogP contribution in [0.3, 0.4) is 0 Å². The number of aryl methyl sites for hydroxylation is 2. The van der Waals surface area contributed by atoms with E-state index in [1.165, 1.54) is 6.07 Å². The molecule has 1 fully saturated rings. The van der Waals surface area contributed by atoms with Gasteiger partial charge in [-0.25, -0.2) is 4.98 Å². The lowest BCUT2D eigenvalue weighted by atomic mass is 10.2. The van der Waals surface area contributed by atoms with E-state index in [0.29, 0.717) is 23.2 Å². The predicted octanol–water partition coefficient (Wildman–Crippen LogP) is 3.97. The van der Waals surface area contributed by atoms with Crippen LogP contribution in [-0.4, -0.2) is 40.6 Å². The Kier molecular flexibility index (Phi) is 6.98. The maximum atomic E-state index is 11.2. The summed E-state index contributed by atoms with van der Waals surface area (Å²) in [5, 5.41) is 17.9. The number of hydrogen-bond donors (Lipinski definition) is 2. The highest BCUT2D eigenvalue weighted by molar-refractivity contribution is 5.61. The van der Waals surface area contributed by atoms with Crippen LogP contribution >= 0.6 is 0 Å². The molecule has 0 amide bonds. The fourth-order valence-corrected chi connectivity index (χ4v) is 3.62. The number of hydrogen-bond acceptors (Lipinski definition) is 7. The number of anilines is 3. The fourth-order valence-electron chi connectivity index (χ4n) is 3.62. The van der Waals surface area contributed by atoms with Gasteiger partial charge in [-0.3, -0.25) is 10.1 Å². The van der Waals surface area contributed by atoms with Gasteiger partial charge in [0.1, 0.15) is 5.82 Å². The highest BCUT2D eigenvalue weighted by atomic mass is 16.6. The van der Waals surface area contributed by atoms with Crippen molar-refractivity contribution in [2.24, 2.45) is 0 Å². The summed E-state index contributed by atoms with van der Waals surface area (Å²) in [5.74, 6) is 1.40. The minimum Gasteiger partial charge on any atom is -0.355 e. The van der Waals surface area contributed by atoms with Crippen LogP contribution in [0.15, 0.2) is 24.3 Å². The van der Waals surface area contributed by atoms with Gasteiger partial charge in [-0.1, -0.05) is 26.3 Å². The van der Waals surface area contributed by atoms with Crippen LogP contribution in [0.1, 0.15) is 44.4 Å². The second kappa shape index (κ2) is 9.65. The third kappa shape index (κ3) is 5.41. The number of rotatable bonds is 9. The molecule has 1 aliphatic heterocycles. The Morgan fingerprint density at radius 1 is 1.28 bits per heavy atom. The molecule has 1 aromatic heterocycles. The summed E-state index contributed by atoms with van der Waals surface area (Å²) < 4.78 is 0. The van der Waals surface area contributed by atoms with E-state index in [2.05, 4.69) is 40.4 Å². The van der Waals surface area contributed by atoms with Crippen LogP contribution in [0.25, 0.3) is 0 Å². The van der Waals surface area contributed by atoms with Crippen molar-refractivity contribution in [3.05, 3.63) is 45.6 Å². The number of unbranched alkanes of at least 4 members (excludes halogenated alkanes) is 1. The molecule has 8 nitrogen and oxygen atoms in total. The van der Waals surface area contributed by atoms with Crippen molar-refractivity contribution < 1.29 is 4.92 Å². The topological polar surface area (TPSA) is 96.2 Å². The first kappa shape index (κ1) is 21.0. The van der Waals surface area contributed by atoms with E-state index in [0.717, 1.165) is 56.8 Å². The first-order valence-corrected chi connectivity index (χ1v) is 10.4. The minimum absolute atomic E-state index is 0.0883. The summed E-state index contributed by atoms with van der Waals surface area (Å²) in [6, 6.07) is 7.65. The molecule has 0 aliphatic carbocycles. The molecule has 0 spiro atoms. The molecule has 3 rings (SSSR count). The van der Waals surface area contributed by atoms with Gasteiger partial charge in [-0.15, -0.1) is 0 Å². The number of aromatic nitrogens is 2. The Balaban J connectivity index is 1.86. The molecule has 0 bridgehead atoms. The molecular weight excluding hydrogens is 368 g/mol. The molecular formula is C21H30N6O2. The molecule has 2 N–H and O–H groups in total. The standard InChI is InChI=1S/C21H30N6O2/c1-4-6-7-16-13-20(26-11-10-18(14-26)22-5-2)25-21(23-16)24-17-9-8-15(3)19(12-17)27(28)29/h8-9,12-13,18,22H,4-7,10-11,14H2,1-3H3,(H,23,24,25). The summed E-state index contributed by atoms with van der Waals surface area (Å²) >= 11 is 0. The number of nitrogens with one attached hydrogen (secondary N) is 2. The zero-order valence-corrected chi connectivity index (χ0v) is 17.4. The van der Waals surface area contributed by atoms with Crippen molar-refractivity contribution in [2.75, 3.05) is 29.9 Å². The molecule has 1 aromatic carbocycles. The molecule has 1 unspecified atom stereocenters. The summed E-state index contributed by atoms with van der Waals surface area (Å²) in [7, 11) is 0. The predicted molar refractivity (Wildman–Crippen MR) is 116 cm³/mol. The van der Waals surface area contributed by atoms with E-state index in [-0.39, 0.29) is 10.6 Å². The molecule has 1 saturated heterocycles. The summed E-state index contributed by atoms with van der Waals surface area (Å²) in [5.41, 5.74) is 2.33. The lowest BCUT2D eigenvalue weighted by Gasteiger charge is -2.19. The van der Waals surface area contributed by atoms with Gasteiger partial charge in [0.2, 0.25) is 5.95 Å². The van der Waals surface area contributed by atoms with Crippen LogP contribution in [-0.2, 0) is 6.42 Å². The number of nitrogens with zero attached hydrogens (tertiary/aromatic N) is 4. The third-order valence-corrected chi connectivity index (χ3v) is 5.22. The molecule has 2 aromatic rings. The van der Waals surface area contributed by atoms with Crippen molar-refractivity contribution in [3.8, 4) is 0 Å². The van der Waals surface area contributed by atoms with Gasteiger partial charge in [0, 0.05) is 48.2 Å². The van der Waals surface area contributed by atoms with E-state index in [1.807, 2.05) is 6.07 Å². The van der Waals surface area contributed by atoms with E-state index in [4.69, 9.17) is 4.98 Å². The number of benzene rings is 1. The minimum atomic E-state index is -0.366.